The van der Waals surface area contributed by atoms with Crippen molar-refractivity contribution >= 4 is 17.5 Å². The highest BCUT2D eigenvalue weighted by molar-refractivity contribution is 5.95. The molecule has 160 valence electrons. The Morgan fingerprint density at radius 1 is 0.867 bits per heavy atom. The van der Waals surface area contributed by atoms with Crippen LogP contribution in [0.5, 0.6) is 0 Å². The molecule has 0 unspecified atom stereocenters. The molecule has 6 heteroatoms. The molecule has 4 N–H and O–H groups in total. The smallest absolute Gasteiger partial charge is 0.275 e. The average molecular weight is 411 g/mol. The van der Waals surface area contributed by atoms with Crippen molar-refractivity contribution in [2.24, 2.45) is 0 Å². The molecule has 0 atom stereocenters. The molecular weight excluding hydrogens is 376 g/mol. The minimum Gasteiger partial charge on any atom is -0.342 e. The van der Waals surface area contributed by atoms with Crippen LogP contribution in [-0.2, 0) is 22.6 Å². The Labute approximate surface area is 179 Å². The van der Waals surface area contributed by atoms with Crippen molar-refractivity contribution in [2.75, 3.05) is 44.6 Å². The lowest BCUT2D eigenvalue weighted by Crippen LogP contribution is -3.28. The predicted molar refractivity (Wildman–Crippen MR) is 119 cm³/mol. The summed E-state index contributed by atoms with van der Waals surface area (Å²) in [6.45, 7) is 9.78. The lowest BCUT2D eigenvalue weighted by Gasteiger charge is -2.29. The zero-order valence-corrected chi connectivity index (χ0v) is 18.1. The summed E-state index contributed by atoms with van der Waals surface area (Å²) in [4.78, 5) is 27.3. The van der Waals surface area contributed by atoms with E-state index < -0.39 is 0 Å². The first-order valence-corrected chi connectivity index (χ1v) is 10.9. The Morgan fingerprint density at radius 3 is 2.20 bits per heavy atom. The van der Waals surface area contributed by atoms with Gasteiger partial charge in [0.25, 0.3) is 5.91 Å². The van der Waals surface area contributed by atoms with E-state index in [4.69, 9.17) is 0 Å². The van der Waals surface area contributed by atoms with Crippen molar-refractivity contribution in [1.82, 2.24) is 5.32 Å². The highest BCUT2D eigenvalue weighted by atomic mass is 16.2. The van der Waals surface area contributed by atoms with Crippen molar-refractivity contribution in [3.8, 4) is 0 Å². The van der Waals surface area contributed by atoms with Gasteiger partial charge >= 0.3 is 0 Å². The van der Waals surface area contributed by atoms with E-state index in [1.54, 1.807) is 4.90 Å². The van der Waals surface area contributed by atoms with E-state index in [9.17, 15) is 9.59 Å². The molecule has 0 bridgehead atoms. The second kappa shape index (κ2) is 10.9. The van der Waals surface area contributed by atoms with Gasteiger partial charge in [-0.05, 0) is 30.5 Å². The maximum absolute atomic E-state index is 12.3. The summed E-state index contributed by atoms with van der Waals surface area (Å²) in [6.07, 6.45) is 0.851. The molecule has 0 aromatic heterocycles. The van der Waals surface area contributed by atoms with Gasteiger partial charge in [0.05, 0.1) is 6.54 Å². The molecular formula is C24H34N4O2+2. The molecule has 0 saturated carbocycles. The number of anilines is 1. The molecule has 3 rings (SSSR count). The van der Waals surface area contributed by atoms with Crippen LogP contribution in [0.3, 0.4) is 0 Å². The van der Waals surface area contributed by atoms with E-state index in [1.807, 2.05) is 24.3 Å². The summed E-state index contributed by atoms with van der Waals surface area (Å²) >= 11 is 0. The summed E-state index contributed by atoms with van der Waals surface area (Å²) in [5.41, 5.74) is 4.66. The van der Waals surface area contributed by atoms with Gasteiger partial charge in [-0.3, -0.25) is 9.59 Å². The van der Waals surface area contributed by atoms with Crippen LogP contribution in [0.4, 0.5) is 5.69 Å². The number of hydrogen-bond donors (Lipinski definition) is 4. The third-order valence-corrected chi connectivity index (χ3v) is 5.89. The van der Waals surface area contributed by atoms with Crippen molar-refractivity contribution in [2.45, 2.75) is 26.8 Å². The zero-order chi connectivity index (χ0) is 21.3. The number of carbonyl (C=O) groups excluding carboxylic acids is 2. The molecule has 1 aliphatic heterocycles. The van der Waals surface area contributed by atoms with Crippen molar-refractivity contribution in [3.05, 3.63) is 65.2 Å². The van der Waals surface area contributed by atoms with E-state index in [2.05, 4.69) is 48.7 Å². The van der Waals surface area contributed by atoms with Gasteiger partial charge in [0.2, 0.25) is 5.91 Å². The number of nitrogens with one attached hydrogen (secondary N) is 4. The second-order valence-corrected chi connectivity index (χ2v) is 8.12. The minimum absolute atomic E-state index is 0.00875. The van der Waals surface area contributed by atoms with E-state index in [-0.39, 0.29) is 18.4 Å². The lowest BCUT2D eigenvalue weighted by molar-refractivity contribution is -1.02. The maximum Gasteiger partial charge on any atom is 0.275 e. The Balaban J connectivity index is 1.36. The molecule has 1 aliphatic rings. The fourth-order valence-corrected chi connectivity index (χ4v) is 4.00. The quantitative estimate of drug-likeness (QED) is 0.478. The molecule has 1 saturated heterocycles. The number of para-hydroxylation sites is 1. The highest BCUT2D eigenvalue weighted by Crippen LogP contribution is 2.14. The van der Waals surface area contributed by atoms with Gasteiger partial charge in [0.15, 0.2) is 6.54 Å². The Bertz CT molecular complexity index is 860. The normalized spacial score (nSPS) is 18.6. The average Bonchev–Trinajstić information content (AvgIpc) is 2.76. The van der Waals surface area contributed by atoms with E-state index in [0.29, 0.717) is 6.54 Å². The standard InChI is InChI=1S/C24H32N4O2/c1-3-20-9-6-7-11-22(20)26-23(29)16-25-24(30)18-28-14-12-27(13-15-28)17-21-10-5-4-8-19(21)2/h4-11H,3,12-18H2,1-2H3,(H,25,30)(H,26,29)/p+2. The van der Waals surface area contributed by atoms with Gasteiger partial charge in [0, 0.05) is 11.3 Å². The number of quaternary nitrogens is 2. The molecule has 0 aliphatic carbocycles. The zero-order valence-electron chi connectivity index (χ0n) is 18.1. The Morgan fingerprint density at radius 2 is 1.50 bits per heavy atom. The van der Waals surface area contributed by atoms with Crippen LogP contribution in [0.15, 0.2) is 48.5 Å². The first-order chi connectivity index (χ1) is 14.5. The first kappa shape index (κ1) is 22.0. The van der Waals surface area contributed by atoms with Crippen molar-refractivity contribution in [1.29, 1.82) is 0 Å². The molecule has 0 radical (unpaired) electrons. The van der Waals surface area contributed by atoms with Crippen LogP contribution in [0.25, 0.3) is 0 Å². The summed E-state index contributed by atoms with van der Waals surface area (Å²) < 4.78 is 0. The SMILES string of the molecule is CCc1ccccc1NC(=O)CNC(=O)C[NH+]1CC[NH+](Cc2ccccc2C)CC1. The van der Waals surface area contributed by atoms with Gasteiger partial charge in [-0.1, -0.05) is 49.4 Å². The molecule has 2 aromatic carbocycles. The third-order valence-electron chi connectivity index (χ3n) is 5.89. The molecule has 2 amide bonds. The summed E-state index contributed by atoms with van der Waals surface area (Å²) in [7, 11) is 0. The van der Waals surface area contributed by atoms with Gasteiger partial charge in [-0.25, -0.2) is 0 Å². The van der Waals surface area contributed by atoms with Crippen LogP contribution >= 0.6 is 0 Å². The van der Waals surface area contributed by atoms with Gasteiger partial charge in [-0.2, -0.15) is 0 Å². The van der Waals surface area contributed by atoms with Crippen molar-refractivity contribution in [3.63, 3.8) is 0 Å². The predicted octanol–water partition coefficient (Wildman–Crippen LogP) is -0.404. The minimum atomic E-state index is -0.188. The van der Waals surface area contributed by atoms with Crippen LogP contribution in [0.2, 0.25) is 0 Å². The largest absolute Gasteiger partial charge is 0.342 e. The number of amides is 2. The van der Waals surface area contributed by atoms with E-state index >= 15 is 0 Å². The number of hydrogen-bond acceptors (Lipinski definition) is 2. The van der Waals surface area contributed by atoms with E-state index in [1.165, 1.54) is 16.0 Å². The monoisotopic (exact) mass is 410 g/mol. The number of carbonyl (C=O) groups is 2. The number of piperazine rings is 1. The molecule has 1 fully saturated rings. The fraction of sp³-hybridized carbons (Fsp3) is 0.417. The number of rotatable bonds is 8. The number of benzene rings is 2. The lowest BCUT2D eigenvalue weighted by atomic mass is 10.1. The maximum atomic E-state index is 12.3. The highest BCUT2D eigenvalue weighted by Gasteiger charge is 2.25. The van der Waals surface area contributed by atoms with Crippen LogP contribution in [-0.4, -0.2) is 51.1 Å². The van der Waals surface area contributed by atoms with Crippen LogP contribution in [0, 0.1) is 6.92 Å². The second-order valence-electron chi connectivity index (χ2n) is 8.12. The first-order valence-electron chi connectivity index (χ1n) is 10.9. The van der Waals surface area contributed by atoms with Crippen LogP contribution in [0.1, 0.15) is 23.6 Å². The molecule has 0 spiro atoms. The molecule has 1 heterocycles. The van der Waals surface area contributed by atoms with Crippen LogP contribution < -0.4 is 20.4 Å². The summed E-state index contributed by atoms with van der Waals surface area (Å²) in [5.74, 6) is -0.252. The summed E-state index contributed by atoms with van der Waals surface area (Å²) in [6, 6.07) is 16.3. The number of aryl methyl sites for hydroxylation is 2. The third kappa shape index (κ3) is 6.40. The van der Waals surface area contributed by atoms with E-state index in [0.717, 1.165) is 50.4 Å². The topological polar surface area (TPSA) is 67.1 Å². The van der Waals surface area contributed by atoms with Gasteiger partial charge in [0.1, 0.15) is 32.7 Å². The molecule has 30 heavy (non-hydrogen) atoms. The molecule has 6 nitrogen and oxygen atoms in total. The molecule has 2 aromatic rings. The Hall–Kier alpha value is -2.70. The van der Waals surface area contributed by atoms with Gasteiger partial charge in [-0.15, -0.1) is 0 Å². The fourth-order valence-electron chi connectivity index (χ4n) is 4.00. The Kier molecular flexibility index (Phi) is 7.99. The summed E-state index contributed by atoms with van der Waals surface area (Å²) in [5, 5.41) is 5.66. The van der Waals surface area contributed by atoms with Crippen molar-refractivity contribution < 1.29 is 19.4 Å². The van der Waals surface area contributed by atoms with Gasteiger partial charge < -0.3 is 20.4 Å².